The molecule has 0 aliphatic carbocycles. The molecule has 2 N–H and O–H groups in total. The maximum Gasteiger partial charge on any atom is 0.0567 e. The van der Waals surface area contributed by atoms with Crippen LogP contribution in [0.5, 0.6) is 0 Å². The molecule has 1 heterocycles. The highest BCUT2D eigenvalue weighted by Crippen LogP contribution is 2.29. The third-order valence-corrected chi connectivity index (χ3v) is 4.83. The average molecular weight is 295 g/mol. The van der Waals surface area contributed by atoms with Gasteiger partial charge in [0.1, 0.15) is 0 Å². The summed E-state index contributed by atoms with van der Waals surface area (Å²) in [5.74, 6) is 0. The largest absolute Gasteiger partial charge is 0.329 e. The van der Waals surface area contributed by atoms with Crippen LogP contribution in [0.4, 0.5) is 0 Å². The minimum Gasteiger partial charge on any atom is -0.329 e. The van der Waals surface area contributed by atoms with Crippen molar-refractivity contribution in [3.05, 3.63) is 56.7 Å². The molecule has 2 nitrogen and oxygen atoms in total. The maximum absolute atomic E-state index is 6.22. The quantitative estimate of drug-likeness (QED) is 0.908. The van der Waals surface area contributed by atoms with E-state index in [1.165, 1.54) is 10.4 Å². The predicted octanol–water partition coefficient (Wildman–Crippen LogP) is 3.84. The van der Waals surface area contributed by atoms with Gasteiger partial charge < -0.3 is 5.73 Å². The van der Waals surface area contributed by atoms with E-state index in [0.717, 1.165) is 17.1 Å². The summed E-state index contributed by atoms with van der Waals surface area (Å²) in [6.07, 6.45) is 0. The summed E-state index contributed by atoms with van der Waals surface area (Å²) in [4.78, 5) is 3.61. The minimum atomic E-state index is 0.247. The number of nitrogens with zero attached hydrogens (tertiary/aromatic N) is 1. The zero-order valence-corrected chi connectivity index (χ0v) is 12.8. The lowest BCUT2D eigenvalue weighted by Gasteiger charge is -2.27. The van der Waals surface area contributed by atoms with Gasteiger partial charge in [0.15, 0.2) is 0 Å². The highest BCUT2D eigenvalue weighted by atomic mass is 35.5. The molecule has 1 aromatic carbocycles. The maximum atomic E-state index is 6.22. The molecule has 1 atom stereocenters. The number of nitrogens with two attached hydrogens (primary N) is 1. The van der Waals surface area contributed by atoms with Gasteiger partial charge in [-0.15, -0.1) is 11.3 Å². The van der Waals surface area contributed by atoms with Crippen molar-refractivity contribution < 1.29 is 0 Å². The van der Waals surface area contributed by atoms with Crippen molar-refractivity contribution in [2.75, 3.05) is 13.6 Å². The van der Waals surface area contributed by atoms with E-state index in [1.807, 2.05) is 18.2 Å². The molecule has 102 valence electrons. The smallest absolute Gasteiger partial charge is 0.0567 e. The van der Waals surface area contributed by atoms with Crippen LogP contribution >= 0.6 is 22.9 Å². The molecular formula is C15H19ClN2S. The standard InChI is InChI=1S/C15H19ClN2S/c1-11-7-8-19-15(11)14(9-17)18(2)10-12-5-3-4-6-13(12)16/h3-8,14H,9-10,17H2,1-2H3. The van der Waals surface area contributed by atoms with E-state index >= 15 is 0 Å². The SMILES string of the molecule is Cc1ccsc1C(CN)N(C)Cc1ccccc1Cl. The van der Waals surface area contributed by atoms with Crippen molar-refractivity contribution in [2.24, 2.45) is 5.73 Å². The third-order valence-electron chi connectivity index (χ3n) is 3.34. The van der Waals surface area contributed by atoms with Gasteiger partial charge in [-0.1, -0.05) is 29.8 Å². The molecule has 0 fully saturated rings. The normalized spacial score (nSPS) is 12.9. The summed E-state index contributed by atoms with van der Waals surface area (Å²) >= 11 is 7.99. The van der Waals surface area contributed by atoms with Crippen molar-refractivity contribution in [3.8, 4) is 0 Å². The van der Waals surface area contributed by atoms with Crippen LogP contribution in [0.2, 0.25) is 5.02 Å². The van der Waals surface area contributed by atoms with Crippen LogP contribution in [0.1, 0.15) is 22.0 Å². The highest BCUT2D eigenvalue weighted by molar-refractivity contribution is 7.10. The molecular weight excluding hydrogens is 276 g/mol. The summed E-state index contributed by atoms with van der Waals surface area (Å²) in [6, 6.07) is 10.4. The number of thiophene rings is 1. The van der Waals surface area contributed by atoms with Crippen molar-refractivity contribution in [1.82, 2.24) is 4.90 Å². The Balaban J connectivity index is 2.16. The van der Waals surface area contributed by atoms with Crippen molar-refractivity contribution in [3.63, 3.8) is 0 Å². The van der Waals surface area contributed by atoms with E-state index in [0.29, 0.717) is 6.54 Å². The van der Waals surface area contributed by atoms with E-state index in [-0.39, 0.29) is 6.04 Å². The summed E-state index contributed by atoms with van der Waals surface area (Å²) in [6.45, 7) is 3.55. The van der Waals surface area contributed by atoms with Crippen LogP contribution in [-0.2, 0) is 6.54 Å². The van der Waals surface area contributed by atoms with Gasteiger partial charge >= 0.3 is 0 Å². The fraction of sp³-hybridized carbons (Fsp3) is 0.333. The molecule has 0 amide bonds. The first-order valence-electron chi connectivity index (χ1n) is 6.31. The first-order chi connectivity index (χ1) is 9.13. The zero-order chi connectivity index (χ0) is 13.8. The summed E-state index contributed by atoms with van der Waals surface area (Å²) < 4.78 is 0. The average Bonchev–Trinajstić information content (AvgIpc) is 2.80. The Kier molecular flexibility index (Phi) is 4.99. The van der Waals surface area contributed by atoms with Crippen molar-refractivity contribution >= 4 is 22.9 Å². The lowest BCUT2D eigenvalue weighted by atomic mass is 10.1. The zero-order valence-electron chi connectivity index (χ0n) is 11.3. The van der Waals surface area contributed by atoms with Gasteiger partial charge in [0, 0.05) is 23.0 Å². The van der Waals surface area contributed by atoms with Crippen LogP contribution in [0.15, 0.2) is 35.7 Å². The first kappa shape index (κ1) is 14.5. The van der Waals surface area contributed by atoms with E-state index in [9.17, 15) is 0 Å². The Hall–Kier alpha value is -0.870. The van der Waals surface area contributed by atoms with Gasteiger partial charge in [-0.2, -0.15) is 0 Å². The topological polar surface area (TPSA) is 29.3 Å². The summed E-state index contributed by atoms with van der Waals surface area (Å²) in [7, 11) is 2.10. The van der Waals surface area contributed by atoms with E-state index in [2.05, 4.69) is 36.4 Å². The van der Waals surface area contributed by atoms with Crippen LogP contribution in [0.3, 0.4) is 0 Å². The fourth-order valence-corrected chi connectivity index (χ4v) is 3.52. The second-order valence-corrected chi connectivity index (χ2v) is 6.08. The Bertz CT molecular complexity index is 538. The Morgan fingerprint density at radius 3 is 2.63 bits per heavy atom. The molecule has 1 aromatic heterocycles. The van der Waals surface area contributed by atoms with Crippen molar-refractivity contribution in [1.29, 1.82) is 0 Å². The monoisotopic (exact) mass is 294 g/mol. The van der Waals surface area contributed by atoms with Crippen LogP contribution in [0.25, 0.3) is 0 Å². The highest BCUT2D eigenvalue weighted by Gasteiger charge is 2.19. The number of likely N-dealkylation sites (N-methyl/N-ethyl adjacent to an activating group) is 1. The lowest BCUT2D eigenvalue weighted by molar-refractivity contribution is 0.244. The molecule has 0 saturated carbocycles. The van der Waals surface area contributed by atoms with Crippen LogP contribution in [-0.4, -0.2) is 18.5 Å². The molecule has 0 saturated heterocycles. The van der Waals surface area contributed by atoms with Gasteiger partial charge in [0.2, 0.25) is 0 Å². The van der Waals surface area contributed by atoms with Gasteiger partial charge in [0.05, 0.1) is 6.04 Å². The summed E-state index contributed by atoms with van der Waals surface area (Å²) in [5, 5.41) is 2.93. The molecule has 0 aliphatic rings. The number of halogens is 1. The van der Waals surface area contributed by atoms with Gasteiger partial charge in [-0.25, -0.2) is 0 Å². The molecule has 4 heteroatoms. The van der Waals surface area contributed by atoms with Crippen LogP contribution in [0, 0.1) is 6.92 Å². The number of rotatable bonds is 5. The number of hydrogen-bond acceptors (Lipinski definition) is 3. The Labute approximate surface area is 123 Å². The first-order valence-corrected chi connectivity index (χ1v) is 7.57. The third kappa shape index (κ3) is 3.37. The minimum absolute atomic E-state index is 0.247. The summed E-state index contributed by atoms with van der Waals surface area (Å²) in [5.41, 5.74) is 8.41. The number of aryl methyl sites for hydroxylation is 1. The molecule has 0 radical (unpaired) electrons. The van der Waals surface area contributed by atoms with E-state index in [4.69, 9.17) is 17.3 Å². The number of hydrogen-bond donors (Lipinski definition) is 1. The van der Waals surface area contributed by atoms with Crippen molar-refractivity contribution in [2.45, 2.75) is 19.5 Å². The van der Waals surface area contributed by atoms with Gasteiger partial charge in [-0.3, -0.25) is 4.90 Å². The molecule has 0 bridgehead atoms. The predicted molar refractivity (Wildman–Crippen MR) is 83.8 cm³/mol. The second-order valence-electron chi connectivity index (χ2n) is 4.73. The molecule has 2 aromatic rings. The molecule has 1 unspecified atom stereocenters. The second kappa shape index (κ2) is 6.53. The van der Waals surface area contributed by atoms with E-state index < -0.39 is 0 Å². The van der Waals surface area contributed by atoms with E-state index in [1.54, 1.807) is 11.3 Å². The fourth-order valence-electron chi connectivity index (χ4n) is 2.22. The Morgan fingerprint density at radius 1 is 1.32 bits per heavy atom. The Morgan fingerprint density at radius 2 is 2.05 bits per heavy atom. The molecule has 0 spiro atoms. The van der Waals surface area contributed by atoms with Crippen LogP contribution < -0.4 is 5.73 Å². The number of benzene rings is 1. The van der Waals surface area contributed by atoms with Gasteiger partial charge in [0.25, 0.3) is 0 Å². The van der Waals surface area contributed by atoms with Gasteiger partial charge in [-0.05, 0) is 42.6 Å². The molecule has 0 aliphatic heterocycles. The molecule has 19 heavy (non-hydrogen) atoms. The molecule has 2 rings (SSSR count). The lowest BCUT2D eigenvalue weighted by Crippen LogP contribution is -2.30.